The average molecular weight is 401 g/mol. The quantitative estimate of drug-likeness (QED) is 0.483. The van der Waals surface area contributed by atoms with Crippen molar-refractivity contribution >= 4 is 23.2 Å². The van der Waals surface area contributed by atoms with Gasteiger partial charge in [0.15, 0.2) is 5.96 Å². The number of guanidine groups is 1. The maximum absolute atomic E-state index is 12.4. The highest BCUT2D eigenvalue weighted by molar-refractivity contribution is 7.10. The van der Waals surface area contributed by atoms with Crippen LogP contribution in [-0.2, 0) is 6.54 Å². The van der Waals surface area contributed by atoms with Crippen molar-refractivity contribution in [1.29, 1.82) is 0 Å². The maximum atomic E-state index is 12.4. The van der Waals surface area contributed by atoms with Gasteiger partial charge >= 0.3 is 0 Å². The van der Waals surface area contributed by atoms with Gasteiger partial charge in [0.05, 0.1) is 6.54 Å². The van der Waals surface area contributed by atoms with Gasteiger partial charge < -0.3 is 16.0 Å². The Labute approximate surface area is 172 Å². The zero-order chi connectivity index (χ0) is 20.6. The second kappa shape index (κ2) is 10.3. The van der Waals surface area contributed by atoms with Crippen LogP contribution in [0.25, 0.3) is 0 Å². The van der Waals surface area contributed by atoms with Crippen LogP contribution in [0.4, 0.5) is 0 Å². The molecule has 1 unspecified atom stereocenters. The van der Waals surface area contributed by atoms with Crippen LogP contribution in [0.5, 0.6) is 0 Å². The lowest BCUT2D eigenvalue weighted by Crippen LogP contribution is -2.40. The number of amides is 1. The molecule has 0 bridgehead atoms. The minimum absolute atomic E-state index is 0.0619. The molecule has 2 rings (SSSR count). The molecule has 1 heterocycles. The summed E-state index contributed by atoms with van der Waals surface area (Å²) in [6, 6.07) is 11.9. The number of hydrogen-bond donors (Lipinski definition) is 3. The number of carbonyl (C=O) groups is 1. The highest BCUT2D eigenvalue weighted by Gasteiger charge is 2.15. The van der Waals surface area contributed by atoms with Crippen molar-refractivity contribution in [3.8, 4) is 0 Å². The second-order valence-electron chi connectivity index (χ2n) is 7.90. The first kappa shape index (κ1) is 22.0. The average Bonchev–Trinajstić information content (AvgIpc) is 3.17. The second-order valence-corrected chi connectivity index (χ2v) is 8.88. The molecule has 0 radical (unpaired) electrons. The van der Waals surface area contributed by atoms with Crippen LogP contribution in [0.1, 0.15) is 61.3 Å². The van der Waals surface area contributed by atoms with E-state index in [2.05, 4.69) is 52.3 Å². The Morgan fingerprint density at radius 3 is 2.61 bits per heavy atom. The third-order valence-corrected chi connectivity index (χ3v) is 5.15. The number of benzene rings is 1. The molecule has 0 spiro atoms. The SMILES string of the molecule is CCNC(=NCc1cccc(C(=O)NC(C)(C)C)c1)NCC(C)c1cccs1. The van der Waals surface area contributed by atoms with Gasteiger partial charge in [-0.3, -0.25) is 4.79 Å². The first-order valence-electron chi connectivity index (χ1n) is 9.75. The fraction of sp³-hybridized carbons (Fsp3) is 0.455. The summed E-state index contributed by atoms with van der Waals surface area (Å²) in [4.78, 5) is 18.4. The summed E-state index contributed by atoms with van der Waals surface area (Å²) in [6.45, 7) is 12.3. The zero-order valence-electron chi connectivity index (χ0n) is 17.5. The van der Waals surface area contributed by atoms with Crippen LogP contribution in [0.3, 0.4) is 0 Å². The smallest absolute Gasteiger partial charge is 0.251 e. The van der Waals surface area contributed by atoms with E-state index in [0.29, 0.717) is 18.0 Å². The summed E-state index contributed by atoms with van der Waals surface area (Å²) < 4.78 is 0. The van der Waals surface area contributed by atoms with Crippen molar-refractivity contribution in [2.24, 2.45) is 4.99 Å². The molecule has 152 valence electrons. The molecule has 0 saturated carbocycles. The lowest BCUT2D eigenvalue weighted by Gasteiger charge is -2.20. The molecule has 1 amide bonds. The first-order valence-corrected chi connectivity index (χ1v) is 10.6. The Morgan fingerprint density at radius 1 is 1.18 bits per heavy atom. The van der Waals surface area contributed by atoms with Gasteiger partial charge in [-0.25, -0.2) is 4.99 Å². The number of nitrogens with zero attached hydrogens (tertiary/aromatic N) is 1. The van der Waals surface area contributed by atoms with Crippen LogP contribution in [0.2, 0.25) is 0 Å². The Hall–Kier alpha value is -2.34. The maximum Gasteiger partial charge on any atom is 0.251 e. The van der Waals surface area contributed by atoms with E-state index >= 15 is 0 Å². The van der Waals surface area contributed by atoms with Crippen molar-refractivity contribution in [1.82, 2.24) is 16.0 Å². The summed E-state index contributed by atoms with van der Waals surface area (Å²) in [6.07, 6.45) is 0. The van der Waals surface area contributed by atoms with E-state index in [4.69, 9.17) is 0 Å². The molecule has 6 heteroatoms. The number of hydrogen-bond acceptors (Lipinski definition) is 3. The Bertz CT molecular complexity index is 778. The topological polar surface area (TPSA) is 65.5 Å². The Balaban J connectivity index is 2.00. The molecule has 28 heavy (non-hydrogen) atoms. The van der Waals surface area contributed by atoms with Crippen molar-refractivity contribution < 1.29 is 4.79 Å². The fourth-order valence-electron chi connectivity index (χ4n) is 2.66. The van der Waals surface area contributed by atoms with E-state index in [1.165, 1.54) is 4.88 Å². The molecule has 2 aromatic rings. The largest absolute Gasteiger partial charge is 0.357 e. The lowest BCUT2D eigenvalue weighted by molar-refractivity contribution is 0.0919. The molecule has 0 fully saturated rings. The van der Waals surface area contributed by atoms with Gasteiger partial charge in [0.1, 0.15) is 0 Å². The third kappa shape index (κ3) is 7.35. The highest BCUT2D eigenvalue weighted by Crippen LogP contribution is 2.19. The summed E-state index contributed by atoms with van der Waals surface area (Å²) in [5, 5.41) is 11.8. The van der Waals surface area contributed by atoms with Gasteiger partial charge in [0.25, 0.3) is 5.91 Å². The Kier molecular flexibility index (Phi) is 8.05. The number of carbonyl (C=O) groups excluding carboxylic acids is 1. The molecule has 5 nitrogen and oxygen atoms in total. The van der Waals surface area contributed by atoms with Crippen LogP contribution in [-0.4, -0.2) is 30.5 Å². The van der Waals surface area contributed by atoms with Crippen LogP contribution < -0.4 is 16.0 Å². The summed E-state index contributed by atoms with van der Waals surface area (Å²) in [7, 11) is 0. The predicted molar refractivity (Wildman–Crippen MR) is 119 cm³/mol. The van der Waals surface area contributed by atoms with Gasteiger partial charge in [-0.05, 0) is 56.8 Å². The molecule has 1 atom stereocenters. The van der Waals surface area contributed by atoms with Gasteiger partial charge in [-0.15, -0.1) is 11.3 Å². The van der Waals surface area contributed by atoms with E-state index < -0.39 is 0 Å². The zero-order valence-corrected chi connectivity index (χ0v) is 18.3. The van der Waals surface area contributed by atoms with Crippen molar-refractivity contribution in [2.75, 3.05) is 13.1 Å². The molecule has 0 aliphatic rings. The summed E-state index contributed by atoms with van der Waals surface area (Å²) in [5.74, 6) is 1.15. The number of nitrogens with one attached hydrogen (secondary N) is 3. The fourth-order valence-corrected chi connectivity index (χ4v) is 3.44. The Morgan fingerprint density at radius 2 is 1.96 bits per heavy atom. The van der Waals surface area contributed by atoms with Crippen LogP contribution >= 0.6 is 11.3 Å². The molecular formula is C22H32N4OS. The number of thiophene rings is 1. The van der Waals surface area contributed by atoms with E-state index in [1.807, 2.05) is 45.0 Å². The molecule has 0 saturated heterocycles. The lowest BCUT2D eigenvalue weighted by atomic mass is 10.1. The number of aliphatic imine (C=N–C) groups is 1. The molecule has 1 aromatic carbocycles. The van der Waals surface area contributed by atoms with Crippen molar-refractivity contribution in [3.63, 3.8) is 0 Å². The molecular weight excluding hydrogens is 368 g/mol. The van der Waals surface area contributed by atoms with Crippen molar-refractivity contribution in [3.05, 3.63) is 57.8 Å². The molecule has 1 aromatic heterocycles. The third-order valence-electron chi connectivity index (χ3n) is 4.05. The van der Waals surface area contributed by atoms with Gasteiger partial charge in [-0.1, -0.05) is 25.1 Å². The highest BCUT2D eigenvalue weighted by atomic mass is 32.1. The molecule has 3 N–H and O–H groups in total. The molecule has 0 aliphatic carbocycles. The van der Waals surface area contributed by atoms with Crippen LogP contribution in [0, 0.1) is 0 Å². The van der Waals surface area contributed by atoms with E-state index in [9.17, 15) is 4.79 Å². The van der Waals surface area contributed by atoms with E-state index in [1.54, 1.807) is 11.3 Å². The molecule has 0 aliphatic heterocycles. The normalized spacial score (nSPS) is 13.1. The van der Waals surface area contributed by atoms with Gasteiger partial charge in [0.2, 0.25) is 0 Å². The van der Waals surface area contributed by atoms with E-state index in [-0.39, 0.29) is 11.4 Å². The minimum Gasteiger partial charge on any atom is -0.357 e. The monoisotopic (exact) mass is 400 g/mol. The number of rotatable bonds is 7. The standard InChI is InChI=1S/C22H32N4OS/c1-6-23-21(24-14-16(2)19-11-8-12-28-19)25-15-17-9-7-10-18(13-17)20(27)26-22(3,4)5/h7-13,16H,6,14-15H2,1-5H3,(H,26,27)(H2,23,24,25). The van der Waals surface area contributed by atoms with Crippen LogP contribution in [0.15, 0.2) is 46.8 Å². The first-order chi connectivity index (χ1) is 13.3. The van der Waals surface area contributed by atoms with E-state index in [0.717, 1.165) is 24.6 Å². The summed E-state index contributed by atoms with van der Waals surface area (Å²) >= 11 is 1.78. The van der Waals surface area contributed by atoms with Gasteiger partial charge in [-0.2, -0.15) is 0 Å². The summed E-state index contributed by atoms with van der Waals surface area (Å²) in [5.41, 5.74) is 1.41. The van der Waals surface area contributed by atoms with Crippen molar-refractivity contribution in [2.45, 2.75) is 52.6 Å². The predicted octanol–water partition coefficient (Wildman–Crippen LogP) is 4.14. The minimum atomic E-state index is -0.257. The van der Waals surface area contributed by atoms with Gasteiger partial charge in [0, 0.05) is 35.0 Å².